The van der Waals surface area contributed by atoms with E-state index in [9.17, 15) is 31.7 Å². The van der Waals surface area contributed by atoms with E-state index in [1.165, 1.54) is 22.6 Å². The van der Waals surface area contributed by atoms with E-state index < -0.39 is 41.5 Å². The fraction of sp³-hybridized carbons (Fsp3) is 0.167. The largest absolute Gasteiger partial charge is 0.575 e. The Morgan fingerprint density at radius 2 is 2.00 bits per heavy atom. The molecule has 8 nitrogen and oxygen atoms in total. The zero-order chi connectivity index (χ0) is 15.0. The topological polar surface area (TPSA) is 125 Å². The third-order valence-corrected chi connectivity index (χ3v) is 3.93. The van der Waals surface area contributed by atoms with E-state index in [0.717, 1.165) is 0 Å². The summed E-state index contributed by atoms with van der Waals surface area (Å²) < 4.78 is 61.3. The lowest BCUT2D eigenvalue weighted by Gasteiger charge is -2.08. The zero-order valence-corrected chi connectivity index (χ0v) is 11.5. The normalized spacial score (nSPS) is 12.3. The SMILES string of the molecule is NS(=O)(=O)c1cc([N+](=O)[O-])nc(OC(F)(F)F)c1I. The molecule has 13 heteroatoms. The van der Waals surface area contributed by atoms with Gasteiger partial charge < -0.3 is 14.9 Å². The Morgan fingerprint density at radius 3 is 2.37 bits per heavy atom. The van der Waals surface area contributed by atoms with Crippen molar-refractivity contribution >= 4 is 38.4 Å². The molecule has 2 N–H and O–H groups in total. The van der Waals surface area contributed by atoms with Crippen LogP contribution < -0.4 is 9.88 Å². The monoisotopic (exact) mass is 413 g/mol. The quantitative estimate of drug-likeness (QED) is 0.450. The lowest BCUT2D eigenvalue weighted by Crippen LogP contribution is -2.21. The van der Waals surface area contributed by atoms with Crippen LogP contribution >= 0.6 is 22.6 Å². The third kappa shape index (κ3) is 4.13. The molecule has 0 aliphatic carbocycles. The number of sulfonamides is 1. The van der Waals surface area contributed by atoms with Gasteiger partial charge in [-0.2, -0.15) is 0 Å². The Kier molecular flexibility index (Phi) is 4.20. The van der Waals surface area contributed by atoms with Gasteiger partial charge in [0.05, 0.1) is 6.07 Å². The van der Waals surface area contributed by atoms with Gasteiger partial charge in [-0.25, -0.2) is 13.6 Å². The first kappa shape index (κ1) is 15.8. The van der Waals surface area contributed by atoms with Crippen LogP contribution in [0.5, 0.6) is 5.88 Å². The maximum Gasteiger partial charge on any atom is 0.575 e. The van der Waals surface area contributed by atoms with Crippen molar-refractivity contribution in [2.75, 3.05) is 0 Å². The molecule has 1 rings (SSSR count). The number of nitro groups is 1. The number of nitrogens with two attached hydrogens (primary N) is 1. The van der Waals surface area contributed by atoms with E-state index in [4.69, 9.17) is 5.14 Å². The summed E-state index contributed by atoms with van der Waals surface area (Å²) in [5, 5.41) is 15.2. The van der Waals surface area contributed by atoms with Gasteiger partial charge in [0.15, 0.2) is 0 Å². The van der Waals surface area contributed by atoms with Crippen molar-refractivity contribution in [3.05, 3.63) is 19.8 Å². The summed E-state index contributed by atoms with van der Waals surface area (Å²) >= 11 is 1.18. The summed E-state index contributed by atoms with van der Waals surface area (Å²) in [6.45, 7) is 0. The zero-order valence-electron chi connectivity index (χ0n) is 8.51. The number of ether oxygens (including phenoxy) is 1. The van der Waals surface area contributed by atoms with E-state index in [1.54, 1.807) is 0 Å². The van der Waals surface area contributed by atoms with Gasteiger partial charge in [-0.15, -0.1) is 13.2 Å². The molecule has 0 spiro atoms. The molecule has 1 aromatic heterocycles. The van der Waals surface area contributed by atoms with Crippen molar-refractivity contribution in [1.82, 2.24) is 4.98 Å². The molecule has 106 valence electrons. The highest BCUT2D eigenvalue weighted by atomic mass is 127. The second-order valence-electron chi connectivity index (χ2n) is 2.95. The summed E-state index contributed by atoms with van der Waals surface area (Å²) in [6.07, 6.45) is -5.18. The smallest absolute Gasteiger partial charge is 0.366 e. The van der Waals surface area contributed by atoms with E-state index >= 15 is 0 Å². The van der Waals surface area contributed by atoms with Crippen LogP contribution in [-0.2, 0) is 10.0 Å². The number of rotatable bonds is 3. The van der Waals surface area contributed by atoms with Gasteiger partial charge in [-0.3, -0.25) is 0 Å². The van der Waals surface area contributed by atoms with Gasteiger partial charge in [0.2, 0.25) is 10.0 Å². The molecule has 0 radical (unpaired) electrons. The van der Waals surface area contributed by atoms with Crippen LogP contribution in [-0.4, -0.2) is 24.7 Å². The van der Waals surface area contributed by atoms with Crippen molar-refractivity contribution in [2.45, 2.75) is 11.3 Å². The van der Waals surface area contributed by atoms with Crippen LogP contribution in [0.15, 0.2) is 11.0 Å². The molecule has 1 heterocycles. The molecule has 0 fully saturated rings. The lowest BCUT2D eigenvalue weighted by atomic mass is 10.4. The summed E-state index contributed by atoms with van der Waals surface area (Å²) in [6, 6.07) is 0.445. The van der Waals surface area contributed by atoms with E-state index in [2.05, 4.69) is 9.72 Å². The fourth-order valence-electron chi connectivity index (χ4n) is 0.949. The van der Waals surface area contributed by atoms with Gasteiger partial charge >= 0.3 is 18.1 Å². The summed E-state index contributed by atoms with van der Waals surface area (Å²) in [5.41, 5.74) is 0. The van der Waals surface area contributed by atoms with Crippen molar-refractivity contribution in [3.8, 4) is 5.88 Å². The number of hydrogen-bond donors (Lipinski definition) is 1. The van der Waals surface area contributed by atoms with Gasteiger partial charge in [0, 0.05) is 4.98 Å². The lowest BCUT2D eigenvalue weighted by molar-refractivity contribution is -0.390. The standard InChI is InChI=1S/C6H3F3IN3O5S/c7-6(8,9)18-5-4(10)2(19(11,16)17)1-3(12-5)13(14)15/h1H,(H2,11,16,17). The molecule has 0 bridgehead atoms. The first-order valence-electron chi connectivity index (χ1n) is 4.05. The third-order valence-electron chi connectivity index (χ3n) is 1.59. The molecule has 0 saturated heterocycles. The van der Waals surface area contributed by atoms with Crippen LogP contribution in [0.2, 0.25) is 0 Å². The predicted octanol–water partition coefficient (Wildman–Crippen LogP) is 1.14. The van der Waals surface area contributed by atoms with Gasteiger partial charge in [0.25, 0.3) is 0 Å². The molecule has 1 aromatic rings. The Labute approximate surface area is 117 Å². The number of aromatic nitrogens is 1. The predicted molar refractivity (Wildman–Crippen MR) is 61.7 cm³/mol. The minimum Gasteiger partial charge on any atom is -0.366 e. The van der Waals surface area contributed by atoms with Crippen LogP contribution in [0, 0.1) is 13.7 Å². The number of nitrogens with zero attached hydrogens (tertiary/aromatic N) is 2. The van der Waals surface area contributed by atoms with Crippen LogP contribution in [0.1, 0.15) is 0 Å². The van der Waals surface area contributed by atoms with Crippen molar-refractivity contribution in [3.63, 3.8) is 0 Å². The summed E-state index contributed by atoms with van der Waals surface area (Å²) in [7, 11) is -4.47. The van der Waals surface area contributed by atoms with Gasteiger partial charge in [-0.05, 0) is 27.5 Å². The molecular formula is C6H3F3IN3O5S. The van der Waals surface area contributed by atoms with Crippen LogP contribution in [0.25, 0.3) is 0 Å². The Balaban J connectivity index is 3.55. The molecule has 0 amide bonds. The number of hydrogen-bond acceptors (Lipinski definition) is 6. The molecule has 19 heavy (non-hydrogen) atoms. The molecular weight excluding hydrogens is 410 g/mol. The number of primary sulfonamides is 1. The minimum atomic E-state index is -5.18. The highest BCUT2D eigenvalue weighted by Gasteiger charge is 2.37. The summed E-state index contributed by atoms with van der Waals surface area (Å²) in [5.74, 6) is -2.39. The first-order valence-corrected chi connectivity index (χ1v) is 6.68. The van der Waals surface area contributed by atoms with E-state index in [1.807, 2.05) is 0 Å². The number of pyridine rings is 1. The Morgan fingerprint density at radius 1 is 1.47 bits per heavy atom. The molecule has 0 aliphatic rings. The molecule has 0 aliphatic heterocycles. The average Bonchev–Trinajstić information content (AvgIpc) is 2.16. The second-order valence-corrected chi connectivity index (χ2v) is 5.56. The van der Waals surface area contributed by atoms with Crippen LogP contribution in [0.3, 0.4) is 0 Å². The highest BCUT2D eigenvalue weighted by molar-refractivity contribution is 14.1. The minimum absolute atomic E-state index is 0.445. The Hall–Kier alpha value is -1.22. The molecule has 0 saturated carbocycles. The van der Waals surface area contributed by atoms with Crippen molar-refractivity contribution < 1.29 is 31.2 Å². The highest BCUT2D eigenvalue weighted by Crippen LogP contribution is 2.32. The maximum atomic E-state index is 12.1. The van der Waals surface area contributed by atoms with E-state index in [-0.39, 0.29) is 0 Å². The summed E-state index contributed by atoms with van der Waals surface area (Å²) in [4.78, 5) is 11.4. The number of halogens is 4. The van der Waals surface area contributed by atoms with Crippen molar-refractivity contribution in [2.24, 2.45) is 5.14 Å². The van der Waals surface area contributed by atoms with Gasteiger partial charge in [0.1, 0.15) is 8.47 Å². The van der Waals surface area contributed by atoms with E-state index in [0.29, 0.717) is 6.07 Å². The number of alkyl halides is 3. The van der Waals surface area contributed by atoms with Crippen molar-refractivity contribution in [1.29, 1.82) is 0 Å². The molecule has 0 aromatic carbocycles. The van der Waals surface area contributed by atoms with Gasteiger partial charge in [-0.1, -0.05) is 0 Å². The van der Waals surface area contributed by atoms with Crippen LogP contribution in [0.4, 0.5) is 19.0 Å². The average molecular weight is 413 g/mol. The first-order chi connectivity index (χ1) is 8.42. The molecule has 0 atom stereocenters. The maximum absolute atomic E-state index is 12.1. The second kappa shape index (κ2) is 5.04. The molecule has 0 unspecified atom stereocenters. The fourth-order valence-corrected chi connectivity index (χ4v) is 2.86. The Bertz CT molecular complexity index is 632.